The molecule has 190 valence electrons. The molecule has 34 heavy (non-hydrogen) atoms. The molecule has 0 aliphatic heterocycles. The molecule has 0 heterocycles. The highest BCUT2D eigenvalue weighted by molar-refractivity contribution is 7.85. The summed E-state index contributed by atoms with van der Waals surface area (Å²) < 4.78 is 38.7. The monoisotopic (exact) mass is 485 g/mol. The van der Waals surface area contributed by atoms with Crippen molar-refractivity contribution in [3.8, 4) is 0 Å². The van der Waals surface area contributed by atoms with Crippen molar-refractivity contribution in [2.45, 2.75) is 157 Å². The zero-order valence-electron chi connectivity index (χ0n) is 21.2. The third kappa shape index (κ3) is 5.28. The van der Waals surface area contributed by atoms with Gasteiger partial charge in [0.2, 0.25) is 0 Å². The lowest BCUT2D eigenvalue weighted by Crippen LogP contribution is -2.23. The van der Waals surface area contributed by atoms with E-state index >= 15 is 0 Å². The molecule has 0 radical (unpaired) electrons. The molecule has 0 saturated heterocycles. The lowest BCUT2D eigenvalue weighted by molar-refractivity contribution is 0.388. The average Bonchev–Trinajstić information content (AvgIpc) is 2.89. The summed E-state index contributed by atoms with van der Waals surface area (Å²) in [5.74, 6) is 1.71. The second-order valence-corrected chi connectivity index (χ2v) is 13.3. The smallest absolute Gasteiger partial charge is 0.124 e. The summed E-state index contributed by atoms with van der Waals surface area (Å²) in [5, 5.41) is 0. The topological polar surface area (TPSA) is 57.2 Å². The van der Waals surface area contributed by atoms with Crippen LogP contribution in [0.5, 0.6) is 0 Å². The van der Waals surface area contributed by atoms with Gasteiger partial charge < -0.3 is 4.55 Å². The summed E-state index contributed by atoms with van der Waals surface area (Å²) in [6.07, 6.45) is 24.3. The molecule has 5 rings (SSSR count). The molecule has 0 spiro atoms. The fourth-order valence-electron chi connectivity index (χ4n) is 8.18. The second-order valence-electron chi connectivity index (χ2n) is 12.0. The van der Waals surface area contributed by atoms with E-state index in [0.717, 1.165) is 44.1 Å². The van der Waals surface area contributed by atoms with Crippen LogP contribution in [0.3, 0.4) is 0 Å². The van der Waals surface area contributed by atoms with Crippen LogP contribution in [0.2, 0.25) is 0 Å². The third-order valence-electron chi connectivity index (χ3n) is 9.80. The first kappa shape index (κ1) is 24.8. The van der Waals surface area contributed by atoms with Gasteiger partial charge in [0, 0.05) is 0 Å². The molecule has 1 aromatic rings. The molecular weight excluding hydrogens is 440 g/mol. The van der Waals surface area contributed by atoms with E-state index in [1.54, 1.807) is 5.56 Å². The second kappa shape index (κ2) is 11.0. The summed E-state index contributed by atoms with van der Waals surface area (Å²) in [7, 11) is -4.50. The SMILES string of the molecule is O=S(=O)([O-])c1cc(C2CCCCC2)c(C2CCCCC2)c(C2CCCCC2)c1C1CCCCC1. The Morgan fingerprint density at radius 3 is 1.26 bits per heavy atom. The first-order valence-electron chi connectivity index (χ1n) is 14.7. The lowest BCUT2D eigenvalue weighted by Gasteiger charge is -2.39. The molecule has 4 fully saturated rings. The van der Waals surface area contributed by atoms with Crippen LogP contribution in [0, 0.1) is 0 Å². The number of benzene rings is 1. The average molecular weight is 486 g/mol. The summed E-state index contributed by atoms with van der Waals surface area (Å²) in [6.45, 7) is 0. The van der Waals surface area contributed by atoms with Crippen LogP contribution in [0.1, 0.15) is 174 Å². The number of rotatable bonds is 5. The minimum absolute atomic E-state index is 0.195. The minimum atomic E-state index is -4.50. The maximum Gasteiger partial charge on any atom is 0.124 e. The maximum atomic E-state index is 12.9. The van der Waals surface area contributed by atoms with E-state index in [0.29, 0.717) is 17.8 Å². The molecule has 4 aliphatic rings. The minimum Gasteiger partial charge on any atom is -0.744 e. The Bertz CT molecular complexity index is 926. The van der Waals surface area contributed by atoms with Gasteiger partial charge in [-0.2, -0.15) is 0 Å². The van der Waals surface area contributed by atoms with Gasteiger partial charge >= 0.3 is 0 Å². The maximum absolute atomic E-state index is 12.9. The van der Waals surface area contributed by atoms with Gasteiger partial charge in [0.1, 0.15) is 10.1 Å². The highest BCUT2D eigenvalue weighted by atomic mass is 32.2. The van der Waals surface area contributed by atoms with E-state index in [1.807, 2.05) is 6.07 Å². The predicted molar refractivity (Wildman–Crippen MR) is 138 cm³/mol. The van der Waals surface area contributed by atoms with Gasteiger partial charge in [-0.1, -0.05) is 77.0 Å². The zero-order valence-corrected chi connectivity index (χ0v) is 22.0. The summed E-state index contributed by atoms with van der Waals surface area (Å²) in [5.41, 5.74) is 5.27. The van der Waals surface area contributed by atoms with Crippen molar-refractivity contribution in [2.24, 2.45) is 0 Å². The molecule has 4 saturated carbocycles. The van der Waals surface area contributed by atoms with Crippen LogP contribution in [0.4, 0.5) is 0 Å². The Balaban J connectivity index is 1.77. The van der Waals surface area contributed by atoms with E-state index in [2.05, 4.69) is 0 Å². The van der Waals surface area contributed by atoms with Crippen molar-refractivity contribution in [2.75, 3.05) is 0 Å². The fourth-order valence-corrected chi connectivity index (χ4v) is 9.00. The van der Waals surface area contributed by atoms with Gasteiger partial charge in [-0.25, -0.2) is 8.42 Å². The Kier molecular flexibility index (Phi) is 8.05. The number of hydrogen-bond acceptors (Lipinski definition) is 3. The van der Waals surface area contributed by atoms with Crippen LogP contribution in [-0.2, 0) is 10.1 Å². The lowest BCUT2D eigenvalue weighted by atomic mass is 9.67. The van der Waals surface area contributed by atoms with Crippen molar-refractivity contribution in [3.05, 3.63) is 28.3 Å². The molecule has 4 heteroatoms. The van der Waals surface area contributed by atoms with E-state index in [1.165, 1.54) is 101 Å². The molecule has 4 aliphatic carbocycles. The molecule has 0 bridgehead atoms. The van der Waals surface area contributed by atoms with E-state index in [4.69, 9.17) is 0 Å². The first-order chi connectivity index (χ1) is 16.5. The van der Waals surface area contributed by atoms with Gasteiger partial charge in [0.25, 0.3) is 0 Å². The van der Waals surface area contributed by atoms with Crippen LogP contribution in [-0.4, -0.2) is 13.0 Å². The van der Waals surface area contributed by atoms with Crippen molar-refractivity contribution < 1.29 is 13.0 Å². The Labute approximate surface area is 208 Å². The Morgan fingerprint density at radius 2 is 0.853 bits per heavy atom. The molecule has 0 N–H and O–H groups in total. The molecule has 1 aromatic carbocycles. The molecule has 0 atom stereocenters. The highest BCUT2D eigenvalue weighted by Crippen LogP contribution is 2.52. The van der Waals surface area contributed by atoms with Crippen LogP contribution in [0.25, 0.3) is 0 Å². The van der Waals surface area contributed by atoms with Crippen molar-refractivity contribution >= 4 is 10.1 Å². The van der Waals surface area contributed by atoms with Crippen LogP contribution >= 0.6 is 0 Å². The van der Waals surface area contributed by atoms with Gasteiger partial charge in [-0.15, -0.1) is 0 Å². The van der Waals surface area contributed by atoms with E-state index in [9.17, 15) is 13.0 Å². The fraction of sp³-hybridized carbons (Fsp3) is 0.800. The Morgan fingerprint density at radius 1 is 0.500 bits per heavy atom. The third-order valence-corrected chi connectivity index (χ3v) is 10.7. The van der Waals surface area contributed by atoms with Gasteiger partial charge in [-0.05, 0) is 103 Å². The predicted octanol–water partition coefficient (Wildman–Crippen LogP) is 8.78. The largest absolute Gasteiger partial charge is 0.744 e. The van der Waals surface area contributed by atoms with Crippen molar-refractivity contribution in [1.29, 1.82) is 0 Å². The number of hydrogen-bond donors (Lipinski definition) is 0. The summed E-state index contributed by atoms with van der Waals surface area (Å²) in [4.78, 5) is 0.195. The quantitative estimate of drug-likeness (QED) is 0.392. The normalized spacial score (nSPS) is 25.0. The molecule has 0 unspecified atom stereocenters. The summed E-state index contributed by atoms with van der Waals surface area (Å²) in [6, 6.07) is 1.96. The standard InChI is InChI=1S/C30H46O3S/c31-34(32,33)27-21-26(22-13-5-1-6-14-22)28(23-15-7-2-8-16-23)30(25-19-11-4-12-20-25)29(27)24-17-9-3-10-18-24/h21-25H,1-20H2,(H,31,32,33)/p-1. The van der Waals surface area contributed by atoms with Gasteiger partial charge in [0.05, 0.1) is 4.90 Å². The van der Waals surface area contributed by atoms with Gasteiger partial charge in [-0.3, -0.25) is 0 Å². The zero-order chi connectivity index (χ0) is 23.5. The molecule has 0 aromatic heterocycles. The van der Waals surface area contributed by atoms with Crippen LogP contribution in [0.15, 0.2) is 11.0 Å². The van der Waals surface area contributed by atoms with Crippen molar-refractivity contribution in [1.82, 2.24) is 0 Å². The van der Waals surface area contributed by atoms with E-state index < -0.39 is 10.1 Å². The van der Waals surface area contributed by atoms with E-state index in [-0.39, 0.29) is 10.8 Å². The molecule has 3 nitrogen and oxygen atoms in total. The highest BCUT2D eigenvalue weighted by Gasteiger charge is 2.36. The summed E-state index contributed by atoms with van der Waals surface area (Å²) >= 11 is 0. The molecule has 0 amide bonds. The Hall–Kier alpha value is -0.870. The van der Waals surface area contributed by atoms with Gasteiger partial charge in [0.15, 0.2) is 0 Å². The van der Waals surface area contributed by atoms with Crippen LogP contribution < -0.4 is 0 Å². The molecular formula is C30H45O3S-. The first-order valence-corrected chi connectivity index (χ1v) is 16.1. The van der Waals surface area contributed by atoms with Crippen molar-refractivity contribution in [3.63, 3.8) is 0 Å².